The van der Waals surface area contributed by atoms with Gasteiger partial charge in [0, 0.05) is 25.8 Å². The smallest absolute Gasteiger partial charge is 0.257 e. The van der Waals surface area contributed by atoms with Crippen molar-refractivity contribution in [3.8, 4) is 16.5 Å². The Morgan fingerprint density at radius 1 is 1.14 bits per heavy atom. The molecule has 3 aromatic heterocycles. The minimum Gasteiger partial charge on any atom is -0.338 e. The highest BCUT2D eigenvalue weighted by atomic mass is 32.1. The van der Waals surface area contributed by atoms with Crippen LogP contribution in [0.15, 0.2) is 36.0 Å². The van der Waals surface area contributed by atoms with Crippen LogP contribution in [0.25, 0.3) is 16.5 Å². The van der Waals surface area contributed by atoms with Gasteiger partial charge in [-0.1, -0.05) is 19.9 Å². The molecule has 0 aliphatic heterocycles. The van der Waals surface area contributed by atoms with Gasteiger partial charge in [-0.3, -0.25) is 4.79 Å². The SMILES string of the molecule is CCN(CC)CCN(CC)C(=O)c1cnn(-c2nccc(-c3cccs3)n2)c1C. The molecule has 1 amide bonds. The third-order valence-corrected chi connectivity index (χ3v) is 5.99. The Hall–Kier alpha value is -2.58. The Morgan fingerprint density at radius 3 is 2.59 bits per heavy atom. The zero-order chi connectivity index (χ0) is 20.8. The number of amides is 1. The van der Waals surface area contributed by atoms with Crippen molar-refractivity contribution in [1.29, 1.82) is 0 Å². The zero-order valence-corrected chi connectivity index (χ0v) is 18.3. The van der Waals surface area contributed by atoms with E-state index in [1.54, 1.807) is 28.4 Å². The third-order valence-electron chi connectivity index (χ3n) is 5.10. The molecule has 3 rings (SSSR count). The quantitative estimate of drug-likeness (QED) is 0.538. The van der Waals surface area contributed by atoms with Crippen molar-refractivity contribution in [3.63, 3.8) is 0 Å². The van der Waals surface area contributed by atoms with Crippen LogP contribution in [0.3, 0.4) is 0 Å². The second-order valence-corrected chi connectivity index (χ2v) is 7.63. The van der Waals surface area contributed by atoms with Crippen molar-refractivity contribution < 1.29 is 4.79 Å². The van der Waals surface area contributed by atoms with Gasteiger partial charge in [0.2, 0.25) is 0 Å². The van der Waals surface area contributed by atoms with Crippen molar-refractivity contribution in [2.75, 3.05) is 32.7 Å². The van der Waals surface area contributed by atoms with Gasteiger partial charge in [0.15, 0.2) is 0 Å². The van der Waals surface area contributed by atoms with Crippen LogP contribution in [0, 0.1) is 6.92 Å². The average molecular weight is 413 g/mol. The molecule has 3 heterocycles. The summed E-state index contributed by atoms with van der Waals surface area (Å²) >= 11 is 1.63. The Bertz CT molecular complexity index is 933. The molecule has 0 aliphatic carbocycles. The van der Waals surface area contributed by atoms with E-state index in [1.807, 2.05) is 42.3 Å². The standard InChI is InChI=1S/C21H28N6OS/c1-5-25(6-2)12-13-26(7-3)20(28)17-15-23-27(16(17)4)21-22-11-10-18(24-21)19-9-8-14-29-19/h8-11,14-15H,5-7,12-13H2,1-4H3. The van der Waals surface area contributed by atoms with E-state index in [0.717, 1.165) is 35.9 Å². The molecule has 7 nitrogen and oxygen atoms in total. The van der Waals surface area contributed by atoms with Gasteiger partial charge in [-0.25, -0.2) is 14.6 Å². The summed E-state index contributed by atoms with van der Waals surface area (Å²) in [5, 5.41) is 6.43. The predicted molar refractivity (Wildman–Crippen MR) is 117 cm³/mol. The molecule has 3 aromatic rings. The normalized spacial score (nSPS) is 11.2. The highest BCUT2D eigenvalue weighted by Gasteiger charge is 2.21. The van der Waals surface area contributed by atoms with Gasteiger partial charge in [0.05, 0.1) is 28.0 Å². The number of rotatable bonds is 9. The lowest BCUT2D eigenvalue weighted by Crippen LogP contribution is -2.38. The Balaban J connectivity index is 1.81. The van der Waals surface area contributed by atoms with Crippen LogP contribution in [-0.4, -0.2) is 68.2 Å². The van der Waals surface area contributed by atoms with Crippen molar-refractivity contribution in [1.82, 2.24) is 29.5 Å². The van der Waals surface area contributed by atoms with E-state index in [9.17, 15) is 4.79 Å². The Kier molecular flexibility index (Phi) is 7.11. The largest absolute Gasteiger partial charge is 0.338 e. The van der Waals surface area contributed by atoms with Gasteiger partial charge in [-0.15, -0.1) is 11.3 Å². The van der Waals surface area contributed by atoms with Gasteiger partial charge in [0.1, 0.15) is 0 Å². The molecule has 0 saturated carbocycles. The second-order valence-electron chi connectivity index (χ2n) is 6.69. The minimum atomic E-state index is -0.00202. The molecule has 0 radical (unpaired) electrons. The number of aromatic nitrogens is 4. The summed E-state index contributed by atoms with van der Waals surface area (Å²) < 4.78 is 1.64. The van der Waals surface area contributed by atoms with E-state index in [-0.39, 0.29) is 5.91 Å². The van der Waals surface area contributed by atoms with Crippen molar-refractivity contribution in [3.05, 3.63) is 47.2 Å². The molecule has 0 fully saturated rings. The van der Waals surface area contributed by atoms with E-state index < -0.39 is 0 Å². The predicted octanol–water partition coefficient (Wildman–Crippen LogP) is 3.50. The fraction of sp³-hybridized carbons (Fsp3) is 0.429. The summed E-state index contributed by atoms with van der Waals surface area (Å²) in [4.78, 5) is 27.4. The molecule has 154 valence electrons. The lowest BCUT2D eigenvalue weighted by Gasteiger charge is -2.25. The number of nitrogens with zero attached hydrogens (tertiary/aromatic N) is 6. The fourth-order valence-electron chi connectivity index (χ4n) is 3.21. The van der Waals surface area contributed by atoms with E-state index in [0.29, 0.717) is 24.6 Å². The zero-order valence-electron chi connectivity index (χ0n) is 17.5. The minimum absolute atomic E-state index is 0.00202. The van der Waals surface area contributed by atoms with E-state index in [2.05, 4.69) is 33.8 Å². The summed E-state index contributed by atoms with van der Waals surface area (Å²) in [6.45, 7) is 12.4. The number of hydrogen-bond donors (Lipinski definition) is 0. The lowest BCUT2D eigenvalue weighted by molar-refractivity contribution is 0.0746. The first-order valence-electron chi connectivity index (χ1n) is 10.0. The number of carbonyl (C=O) groups is 1. The molecule has 0 aliphatic rings. The van der Waals surface area contributed by atoms with Crippen LogP contribution in [0.5, 0.6) is 0 Å². The molecule has 0 bridgehead atoms. The fourth-order valence-corrected chi connectivity index (χ4v) is 3.90. The van der Waals surface area contributed by atoms with Crippen molar-refractivity contribution >= 4 is 17.2 Å². The van der Waals surface area contributed by atoms with Crippen LogP contribution in [0.1, 0.15) is 36.8 Å². The van der Waals surface area contributed by atoms with E-state index in [4.69, 9.17) is 0 Å². The topological polar surface area (TPSA) is 67.2 Å². The molecule has 0 N–H and O–H groups in total. The maximum Gasteiger partial charge on any atom is 0.257 e. The first-order chi connectivity index (χ1) is 14.1. The molecule has 8 heteroatoms. The van der Waals surface area contributed by atoms with Crippen LogP contribution < -0.4 is 0 Å². The van der Waals surface area contributed by atoms with E-state index >= 15 is 0 Å². The molecule has 0 atom stereocenters. The van der Waals surface area contributed by atoms with Crippen LogP contribution in [0.4, 0.5) is 0 Å². The molecule has 0 aromatic carbocycles. The first kappa shape index (κ1) is 21.1. The van der Waals surface area contributed by atoms with Gasteiger partial charge < -0.3 is 9.80 Å². The summed E-state index contributed by atoms with van der Waals surface area (Å²) in [5.41, 5.74) is 2.19. The Morgan fingerprint density at radius 2 is 1.93 bits per heavy atom. The number of carbonyl (C=O) groups excluding carboxylic acids is 1. The van der Waals surface area contributed by atoms with Crippen molar-refractivity contribution in [2.24, 2.45) is 0 Å². The molecular weight excluding hydrogens is 384 g/mol. The monoisotopic (exact) mass is 412 g/mol. The summed E-state index contributed by atoms with van der Waals surface area (Å²) in [7, 11) is 0. The second kappa shape index (κ2) is 9.76. The summed E-state index contributed by atoms with van der Waals surface area (Å²) in [5.74, 6) is 0.469. The number of hydrogen-bond acceptors (Lipinski definition) is 6. The molecule has 29 heavy (non-hydrogen) atoms. The maximum atomic E-state index is 13.1. The molecule has 0 spiro atoms. The highest BCUT2D eigenvalue weighted by molar-refractivity contribution is 7.13. The number of likely N-dealkylation sites (N-methyl/N-ethyl adjacent to an activating group) is 2. The van der Waals surface area contributed by atoms with Crippen molar-refractivity contribution in [2.45, 2.75) is 27.7 Å². The molecular formula is C21H28N6OS. The van der Waals surface area contributed by atoms with Gasteiger partial charge in [-0.2, -0.15) is 5.10 Å². The van der Waals surface area contributed by atoms with E-state index in [1.165, 1.54) is 0 Å². The average Bonchev–Trinajstić information content (AvgIpc) is 3.41. The van der Waals surface area contributed by atoms with Gasteiger partial charge >= 0.3 is 0 Å². The third kappa shape index (κ3) is 4.71. The summed E-state index contributed by atoms with van der Waals surface area (Å²) in [6.07, 6.45) is 3.35. The molecule has 0 unspecified atom stereocenters. The van der Waals surface area contributed by atoms with Crippen LogP contribution >= 0.6 is 11.3 Å². The van der Waals surface area contributed by atoms with Gasteiger partial charge in [-0.05, 0) is 44.4 Å². The van der Waals surface area contributed by atoms with Gasteiger partial charge in [0.25, 0.3) is 11.9 Å². The Labute approximate surface area is 176 Å². The highest BCUT2D eigenvalue weighted by Crippen LogP contribution is 2.23. The van der Waals surface area contributed by atoms with Crippen LogP contribution in [-0.2, 0) is 0 Å². The number of thiophene rings is 1. The lowest BCUT2D eigenvalue weighted by atomic mass is 10.2. The maximum absolute atomic E-state index is 13.1. The summed E-state index contributed by atoms with van der Waals surface area (Å²) in [6, 6.07) is 5.90. The molecule has 0 saturated heterocycles. The first-order valence-corrected chi connectivity index (χ1v) is 10.9. The van der Waals surface area contributed by atoms with Crippen LogP contribution in [0.2, 0.25) is 0 Å².